The number of likely N-dealkylation sites (tertiary alicyclic amines) is 1. The Hall–Kier alpha value is -2.80. The molecule has 0 aliphatic carbocycles. The van der Waals surface area contributed by atoms with Crippen molar-refractivity contribution >= 4 is 17.5 Å². The lowest BCUT2D eigenvalue weighted by Crippen LogP contribution is -2.39. The minimum absolute atomic E-state index is 0.0264. The summed E-state index contributed by atoms with van der Waals surface area (Å²) in [6.07, 6.45) is 4.23. The number of benzene rings is 1. The van der Waals surface area contributed by atoms with Crippen molar-refractivity contribution in [2.45, 2.75) is 32.2 Å². The maximum atomic E-state index is 12.8. The number of carbonyl (C=O) groups is 2. The fourth-order valence-electron chi connectivity index (χ4n) is 4.31. The Morgan fingerprint density at radius 3 is 2.67 bits per heavy atom. The number of ether oxygens (including phenoxy) is 1. The second-order valence-corrected chi connectivity index (χ2v) is 7.85. The van der Waals surface area contributed by atoms with Gasteiger partial charge in [0.25, 0.3) is 0 Å². The molecule has 1 aromatic carbocycles. The first-order valence-corrected chi connectivity index (χ1v) is 10.7. The number of nitrogens with zero attached hydrogens (tertiary/aromatic N) is 2. The smallest absolute Gasteiger partial charge is 0.227 e. The molecule has 4 rings (SSSR count). The molecule has 7 nitrogen and oxygen atoms in total. The van der Waals surface area contributed by atoms with Gasteiger partial charge < -0.3 is 19.4 Å². The number of amides is 2. The van der Waals surface area contributed by atoms with Crippen LogP contribution in [0.5, 0.6) is 5.75 Å². The molecule has 2 atom stereocenters. The highest BCUT2D eigenvalue weighted by atomic mass is 16.5. The summed E-state index contributed by atoms with van der Waals surface area (Å²) in [5, 5.41) is 3.07. The minimum atomic E-state index is -0.347. The molecule has 2 aromatic rings. The molecule has 1 aromatic heterocycles. The Morgan fingerprint density at radius 1 is 1.23 bits per heavy atom. The Labute approximate surface area is 177 Å². The van der Waals surface area contributed by atoms with Gasteiger partial charge in [-0.1, -0.05) is 0 Å². The van der Waals surface area contributed by atoms with Crippen molar-refractivity contribution < 1.29 is 18.7 Å². The normalized spacial score (nSPS) is 20.5. The highest BCUT2D eigenvalue weighted by Crippen LogP contribution is 2.28. The zero-order valence-electron chi connectivity index (χ0n) is 17.4. The van der Waals surface area contributed by atoms with Gasteiger partial charge in [0.05, 0.1) is 24.8 Å². The summed E-state index contributed by atoms with van der Waals surface area (Å²) in [6, 6.07) is 11.3. The first kappa shape index (κ1) is 20.5. The number of rotatable bonds is 8. The van der Waals surface area contributed by atoms with Crippen LogP contribution >= 0.6 is 0 Å². The molecule has 2 aliphatic rings. The topological polar surface area (TPSA) is 75.0 Å². The standard InChI is InChI=1S/C23H29N3O4/c1-2-29-19-9-7-18(8-10-19)26-16-17(14-22(26)27)23(28)24-15-20(21-6-5-13-30-21)25-11-3-4-12-25/h5-10,13,17,20H,2-4,11-12,14-16H2,1H3,(H,24,28). The summed E-state index contributed by atoms with van der Waals surface area (Å²) in [5.41, 5.74) is 0.796. The molecule has 0 spiro atoms. The third-order valence-corrected chi connectivity index (χ3v) is 5.88. The van der Waals surface area contributed by atoms with Crippen molar-refractivity contribution in [1.29, 1.82) is 0 Å². The zero-order valence-corrected chi connectivity index (χ0v) is 17.4. The van der Waals surface area contributed by atoms with E-state index in [1.165, 1.54) is 12.8 Å². The summed E-state index contributed by atoms with van der Waals surface area (Å²) in [4.78, 5) is 29.4. The third kappa shape index (κ3) is 4.51. The average Bonchev–Trinajstić information content (AvgIpc) is 3.52. The first-order chi connectivity index (χ1) is 14.7. The molecule has 30 heavy (non-hydrogen) atoms. The summed E-state index contributed by atoms with van der Waals surface area (Å²) in [6.45, 7) is 5.43. The van der Waals surface area contributed by atoms with Gasteiger partial charge in [-0.25, -0.2) is 0 Å². The number of nitrogens with one attached hydrogen (secondary N) is 1. The van der Waals surface area contributed by atoms with E-state index < -0.39 is 0 Å². The van der Waals surface area contributed by atoms with E-state index in [0.29, 0.717) is 19.7 Å². The van der Waals surface area contributed by atoms with Crippen LogP contribution in [0, 0.1) is 5.92 Å². The molecule has 2 saturated heterocycles. The van der Waals surface area contributed by atoms with Gasteiger partial charge >= 0.3 is 0 Å². The van der Waals surface area contributed by atoms with E-state index in [1.54, 1.807) is 11.2 Å². The van der Waals surface area contributed by atoms with E-state index >= 15 is 0 Å². The average molecular weight is 412 g/mol. The summed E-state index contributed by atoms with van der Waals surface area (Å²) in [5.74, 6) is 1.19. The van der Waals surface area contributed by atoms with Crippen LogP contribution in [0.1, 0.15) is 38.0 Å². The van der Waals surface area contributed by atoms with Crippen molar-refractivity contribution in [2.75, 3.05) is 37.7 Å². The van der Waals surface area contributed by atoms with Crippen LogP contribution in [0.4, 0.5) is 5.69 Å². The Morgan fingerprint density at radius 2 is 2.00 bits per heavy atom. The quantitative estimate of drug-likeness (QED) is 0.723. The number of hydrogen-bond donors (Lipinski definition) is 1. The fraction of sp³-hybridized carbons (Fsp3) is 0.478. The van der Waals surface area contributed by atoms with E-state index in [9.17, 15) is 9.59 Å². The Balaban J connectivity index is 1.36. The molecule has 160 valence electrons. The molecule has 2 fully saturated rings. The van der Waals surface area contributed by atoms with Gasteiger partial charge in [-0.2, -0.15) is 0 Å². The largest absolute Gasteiger partial charge is 0.494 e. The zero-order chi connectivity index (χ0) is 20.9. The van der Waals surface area contributed by atoms with Gasteiger partial charge in [-0.15, -0.1) is 0 Å². The van der Waals surface area contributed by atoms with E-state index in [0.717, 1.165) is 30.3 Å². The first-order valence-electron chi connectivity index (χ1n) is 10.7. The van der Waals surface area contributed by atoms with E-state index in [1.807, 2.05) is 43.3 Å². The van der Waals surface area contributed by atoms with Gasteiger partial charge in [0, 0.05) is 25.2 Å². The molecular formula is C23H29N3O4. The van der Waals surface area contributed by atoms with Crippen LogP contribution in [0.3, 0.4) is 0 Å². The maximum Gasteiger partial charge on any atom is 0.227 e. The SMILES string of the molecule is CCOc1ccc(N2CC(C(=O)NCC(c3ccco3)N3CCCC3)CC2=O)cc1. The molecule has 0 saturated carbocycles. The van der Waals surface area contributed by atoms with Crippen molar-refractivity contribution in [1.82, 2.24) is 10.2 Å². The fourth-order valence-corrected chi connectivity index (χ4v) is 4.31. The molecule has 2 amide bonds. The van der Waals surface area contributed by atoms with Crippen molar-refractivity contribution in [3.8, 4) is 5.75 Å². The van der Waals surface area contributed by atoms with Crippen LogP contribution in [-0.2, 0) is 9.59 Å². The van der Waals surface area contributed by atoms with Crippen LogP contribution < -0.4 is 15.0 Å². The van der Waals surface area contributed by atoms with Gasteiger partial charge in [0.1, 0.15) is 11.5 Å². The lowest BCUT2D eigenvalue weighted by molar-refractivity contribution is -0.126. The lowest BCUT2D eigenvalue weighted by Gasteiger charge is -2.26. The van der Waals surface area contributed by atoms with Crippen molar-refractivity contribution in [3.63, 3.8) is 0 Å². The molecule has 0 radical (unpaired) electrons. The molecule has 7 heteroatoms. The van der Waals surface area contributed by atoms with Crippen LogP contribution in [0.2, 0.25) is 0 Å². The second-order valence-electron chi connectivity index (χ2n) is 7.85. The third-order valence-electron chi connectivity index (χ3n) is 5.88. The molecule has 2 unspecified atom stereocenters. The number of furan rings is 1. The number of hydrogen-bond acceptors (Lipinski definition) is 5. The van der Waals surface area contributed by atoms with Gasteiger partial charge in [-0.05, 0) is 69.3 Å². The summed E-state index contributed by atoms with van der Waals surface area (Å²) in [7, 11) is 0. The summed E-state index contributed by atoms with van der Waals surface area (Å²) < 4.78 is 11.1. The Bertz CT molecular complexity index is 844. The van der Waals surface area contributed by atoms with Gasteiger partial charge in [-0.3, -0.25) is 14.5 Å². The highest BCUT2D eigenvalue weighted by Gasteiger charge is 2.36. The van der Waals surface area contributed by atoms with E-state index in [2.05, 4.69) is 10.2 Å². The minimum Gasteiger partial charge on any atom is -0.494 e. The van der Waals surface area contributed by atoms with E-state index in [4.69, 9.17) is 9.15 Å². The number of anilines is 1. The van der Waals surface area contributed by atoms with Gasteiger partial charge in [0.15, 0.2) is 0 Å². The second kappa shape index (κ2) is 9.34. The molecular weight excluding hydrogens is 382 g/mol. The highest BCUT2D eigenvalue weighted by molar-refractivity contribution is 6.00. The molecule has 3 heterocycles. The molecule has 1 N–H and O–H groups in total. The van der Waals surface area contributed by atoms with E-state index in [-0.39, 0.29) is 30.2 Å². The molecule has 2 aliphatic heterocycles. The van der Waals surface area contributed by atoms with Crippen LogP contribution in [-0.4, -0.2) is 49.5 Å². The predicted molar refractivity (Wildman–Crippen MR) is 113 cm³/mol. The predicted octanol–water partition coefficient (Wildman–Crippen LogP) is 2.98. The van der Waals surface area contributed by atoms with Crippen molar-refractivity contribution in [2.24, 2.45) is 5.92 Å². The van der Waals surface area contributed by atoms with Crippen LogP contribution in [0.25, 0.3) is 0 Å². The Kier molecular flexibility index (Phi) is 6.38. The lowest BCUT2D eigenvalue weighted by atomic mass is 10.1. The van der Waals surface area contributed by atoms with Crippen molar-refractivity contribution in [3.05, 3.63) is 48.4 Å². The van der Waals surface area contributed by atoms with Crippen LogP contribution in [0.15, 0.2) is 47.1 Å². The molecule has 0 bridgehead atoms. The monoisotopic (exact) mass is 411 g/mol. The van der Waals surface area contributed by atoms with Gasteiger partial charge in [0.2, 0.25) is 11.8 Å². The number of carbonyl (C=O) groups excluding carboxylic acids is 2. The summed E-state index contributed by atoms with van der Waals surface area (Å²) >= 11 is 0. The maximum absolute atomic E-state index is 12.8.